The average molecular weight is 489 g/mol. The molecule has 34 heavy (non-hydrogen) atoms. The van der Waals surface area contributed by atoms with Crippen molar-refractivity contribution in [2.75, 3.05) is 0 Å². The summed E-state index contributed by atoms with van der Waals surface area (Å²) in [6, 6.07) is 12.4. The van der Waals surface area contributed by atoms with Crippen LogP contribution in [-0.2, 0) is 12.2 Å². The van der Waals surface area contributed by atoms with E-state index in [0.717, 1.165) is 11.6 Å². The van der Waals surface area contributed by atoms with E-state index in [1.54, 1.807) is 24.3 Å². The number of fused-ring (bicyclic) bond motifs is 1. The summed E-state index contributed by atoms with van der Waals surface area (Å²) in [6.45, 7) is 13.2. The van der Waals surface area contributed by atoms with Gasteiger partial charge < -0.3 is 0 Å². The zero-order valence-corrected chi connectivity index (χ0v) is 21.4. The smallest absolute Gasteiger partial charge is 0.258 e. The van der Waals surface area contributed by atoms with Gasteiger partial charge in [-0.2, -0.15) is 13.2 Å². The number of nitro groups is 1. The van der Waals surface area contributed by atoms with Crippen LogP contribution in [0.5, 0.6) is 0 Å². The largest absolute Gasteiger partial charge is 0.416 e. The van der Waals surface area contributed by atoms with Crippen molar-refractivity contribution in [2.24, 2.45) is 0 Å². The zero-order chi connectivity index (χ0) is 25.4. The Bertz CT molecular complexity index is 1180. The number of hydrogen-bond acceptors (Lipinski definition) is 3. The summed E-state index contributed by atoms with van der Waals surface area (Å²) in [5.74, 6) is 0. The molecule has 0 fully saturated rings. The van der Waals surface area contributed by atoms with Gasteiger partial charge in [-0.1, -0.05) is 70.3 Å². The number of benzene rings is 2. The molecule has 0 saturated heterocycles. The van der Waals surface area contributed by atoms with Crippen LogP contribution in [0, 0.1) is 10.1 Å². The highest BCUT2D eigenvalue weighted by molar-refractivity contribution is 6.83. The molecule has 0 unspecified atom stereocenters. The molecule has 0 aliphatic heterocycles. The molecule has 0 radical (unpaired) electrons. The predicted molar refractivity (Wildman–Crippen MR) is 134 cm³/mol. The molecular formula is C26H31F3N2O2Si. The van der Waals surface area contributed by atoms with Crippen molar-refractivity contribution in [3.8, 4) is 11.3 Å². The summed E-state index contributed by atoms with van der Waals surface area (Å²) in [5, 5.41) is 12.1. The number of rotatable bonds is 7. The highest BCUT2D eigenvalue weighted by Crippen LogP contribution is 2.45. The molecule has 0 atom stereocenters. The van der Waals surface area contributed by atoms with Crippen LogP contribution in [0.15, 0.2) is 48.5 Å². The van der Waals surface area contributed by atoms with Gasteiger partial charge in [-0.25, -0.2) is 4.98 Å². The molecule has 1 aromatic heterocycles. The zero-order valence-electron chi connectivity index (χ0n) is 20.4. The standard InChI is InChI=1S/C26H31F3N2O2Si/c1-16(2)34(17(3)4,18(5)6)15-19-13-24(21-9-7-8-10-25(21)31(32)33)30-23-12-11-20(14-22(19)23)26(27,28)29/h7-14,16-18H,15H2,1-6H3. The maximum Gasteiger partial charge on any atom is 0.416 e. The number of alkyl halides is 3. The van der Waals surface area contributed by atoms with E-state index in [4.69, 9.17) is 0 Å². The molecule has 4 nitrogen and oxygen atoms in total. The molecule has 182 valence electrons. The Morgan fingerprint density at radius 2 is 1.53 bits per heavy atom. The lowest BCUT2D eigenvalue weighted by Crippen LogP contribution is -2.47. The first kappa shape index (κ1) is 25.9. The highest BCUT2D eigenvalue weighted by atomic mass is 28.3. The van der Waals surface area contributed by atoms with Crippen molar-refractivity contribution in [1.82, 2.24) is 4.98 Å². The van der Waals surface area contributed by atoms with E-state index in [-0.39, 0.29) is 5.69 Å². The first-order valence-electron chi connectivity index (χ1n) is 11.5. The number of nitrogens with zero attached hydrogens (tertiary/aromatic N) is 2. The molecule has 0 bridgehead atoms. The summed E-state index contributed by atoms with van der Waals surface area (Å²) in [7, 11) is -2.05. The Hall–Kier alpha value is -2.74. The van der Waals surface area contributed by atoms with E-state index < -0.39 is 24.7 Å². The summed E-state index contributed by atoms with van der Waals surface area (Å²) in [5.41, 5.74) is 2.38. The monoisotopic (exact) mass is 488 g/mol. The third-order valence-electron chi connectivity index (χ3n) is 7.32. The fraction of sp³-hybridized carbons (Fsp3) is 0.423. The van der Waals surface area contributed by atoms with E-state index in [1.807, 2.05) is 0 Å². The second-order valence-corrected chi connectivity index (χ2v) is 16.0. The van der Waals surface area contributed by atoms with Crippen LogP contribution in [0.3, 0.4) is 0 Å². The van der Waals surface area contributed by atoms with Crippen LogP contribution in [0.2, 0.25) is 16.6 Å². The normalized spacial score (nSPS) is 12.8. The van der Waals surface area contributed by atoms with Crippen molar-refractivity contribution < 1.29 is 18.1 Å². The van der Waals surface area contributed by atoms with Crippen molar-refractivity contribution in [1.29, 1.82) is 0 Å². The molecule has 0 saturated carbocycles. The predicted octanol–water partition coefficient (Wildman–Crippen LogP) is 8.59. The van der Waals surface area contributed by atoms with E-state index in [1.165, 1.54) is 18.2 Å². The van der Waals surface area contributed by atoms with E-state index in [9.17, 15) is 23.3 Å². The minimum Gasteiger partial charge on any atom is -0.258 e. The Morgan fingerprint density at radius 1 is 0.941 bits per heavy atom. The summed E-state index contributed by atoms with van der Waals surface area (Å²) in [4.78, 5) is 15.8. The lowest BCUT2D eigenvalue weighted by molar-refractivity contribution is -0.384. The topological polar surface area (TPSA) is 56.0 Å². The Balaban J connectivity index is 2.36. The van der Waals surface area contributed by atoms with Crippen molar-refractivity contribution in [2.45, 2.75) is 70.4 Å². The SMILES string of the molecule is CC(C)[Si](Cc1cc(-c2ccccc2[N+](=O)[O-])nc2ccc(C(F)(F)F)cc12)(C(C)C)C(C)C. The molecule has 0 spiro atoms. The van der Waals surface area contributed by atoms with Crippen LogP contribution in [-0.4, -0.2) is 18.0 Å². The lowest BCUT2D eigenvalue weighted by atomic mass is 10.0. The molecular weight excluding hydrogens is 457 g/mol. The highest BCUT2D eigenvalue weighted by Gasteiger charge is 2.43. The molecule has 8 heteroatoms. The fourth-order valence-electron chi connectivity index (χ4n) is 5.55. The summed E-state index contributed by atoms with van der Waals surface area (Å²) >= 11 is 0. The van der Waals surface area contributed by atoms with Gasteiger partial charge >= 0.3 is 6.18 Å². The quantitative estimate of drug-likeness (QED) is 0.190. The Kier molecular flexibility index (Phi) is 7.22. The van der Waals surface area contributed by atoms with Crippen molar-refractivity contribution >= 4 is 24.7 Å². The number of aromatic nitrogens is 1. The van der Waals surface area contributed by atoms with Gasteiger partial charge in [0.15, 0.2) is 0 Å². The Labute approximate surface area is 199 Å². The third kappa shape index (κ3) is 4.73. The van der Waals surface area contributed by atoms with Crippen molar-refractivity contribution in [3.63, 3.8) is 0 Å². The molecule has 3 aromatic rings. The minimum absolute atomic E-state index is 0.0766. The first-order valence-corrected chi connectivity index (χ1v) is 14.0. The minimum atomic E-state index is -4.47. The van der Waals surface area contributed by atoms with E-state index in [2.05, 4.69) is 46.5 Å². The molecule has 0 aliphatic carbocycles. The van der Waals surface area contributed by atoms with Gasteiger partial charge in [0, 0.05) is 11.5 Å². The average Bonchev–Trinajstić information content (AvgIpc) is 2.75. The fourth-order valence-corrected chi connectivity index (χ4v) is 11.7. The number of nitro benzene ring substituents is 1. The second-order valence-electron chi connectivity index (χ2n) is 9.92. The van der Waals surface area contributed by atoms with Crippen LogP contribution >= 0.6 is 0 Å². The third-order valence-corrected chi connectivity index (χ3v) is 14.8. The maximum absolute atomic E-state index is 13.6. The molecule has 1 heterocycles. The van der Waals surface area contributed by atoms with Gasteiger partial charge in [0.25, 0.3) is 5.69 Å². The van der Waals surface area contributed by atoms with Gasteiger partial charge in [-0.3, -0.25) is 10.1 Å². The number of pyridine rings is 1. The number of halogens is 3. The molecule has 0 aliphatic rings. The van der Waals surface area contributed by atoms with Gasteiger partial charge in [0.2, 0.25) is 0 Å². The van der Waals surface area contributed by atoms with Gasteiger partial charge in [-0.15, -0.1) is 0 Å². The van der Waals surface area contributed by atoms with Gasteiger partial charge in [0.05, 0.1) is 35.3 Å². The molecule has 2 aromatic carbocycles. The van der Waals surface area contributed by atoms with Crippen LogP contribution in [0.4, 0.5) is 18.9 Å². The summed E-state index contributed by atoms with van der Waals surface area (Å²) < 4.78 is 40.7. The second kappa shape index (κ2) is 9.48. The number of hydrogen-bond donors (Lipinski definition) is 0. The Morgan fingerprint density at radius 3 is 2.06 bits per heavy atom. The molecule has 0 amide bonds. The van der Waals surface area contributed by atoms with E-state index >= 15 is 0 Å². The van der Waals surface area contributed by atoms with Gasteiger partial charge in [0.1, 0.15) is 0 Å². The molecule has 0 N–H and O–H groups in total. The first-order chi connectivity index (χ1) is 15.8. The summed E-state index contributed by atoms with van der Waals surface area (Å²) in [6.07, 6.45) is -4.47. The maximum atomic E-state index is 13.6. The van der Waals surface area contributed by atoms with Crippen LogP contribution in [0.25, 0.3) is 22.2 Å². The van der Waals surface area contributed by atoms with Gasteiger partial charge in [-0.05, 0) is 41.9 Å². The van der Waals surface area contributed by atoms with Crippen LogP contribution < -0.4 is 0 Å². The lowest BCUT2D eigenvalue weighted by Gasteiger charge is -2.43. The van der Waals surface area contributed by atoms with Crippen molar-refractivity contribution in [3.05, 3.63) is 69.8 Å². The van der Waals surface area contributed by atoms with E-state index in [0.29, 0.717) is 44.8 Å². The van der Waals surface area contributed by atoms with Crippen LogP contribution in [0.1, 0.15) is 52.7 Å². The molecule has 3 rings (SSSR count). The number of para-hydroxylation sites is 1.